The van der Waals surface area contributed by atoms with Crippen LogP contribution in [-0.4, -0.2) is 40.8 Å². The lowest BCUT2D eigenvalue weighted by Crippen LogP contribution is -2.43. The first-order valence-corrected chi connectivity index (χ1v) is 8.02. The average Bonchev–Trinajstić information content (AvgIpc) is 2.38. The van der Waals surface area contributed by atoms with Crippen LogP contribution in [0.4, 0.5) is 4.39 Å². The number of rotatable bonds is 4. The van der Waals surface area contributed by atoms with E-state index < -0.39 is 0 Å². The molecule has 1 saturated heterocycles. The van der Waals surface area contributed by atoms with Gasteiger partial charge in [0.1, 0.15) is 5.82 Å². The van der Waals surface area contributed by atoms with E-state index in [-0.39, 0.29) is 16.3 Å². The van der Waals surface area contributed by atoms with Gasteiger partial charge in [-0.3, -0.25) is 4.79 Å². The van der Waals surface area contributed by atoms with Gasteiger partial charge < -0.3 is 4.90 Å². The lowest BCUT2D eigenvalue weighted by atomic mass is 10.1. The van der Waals surface area contributed by atoms with E-state index in [1.54, 1.807) is 19.1 Å². The highest BCUT2D eigenvalue weighted by atomic mass is 32.2. The smallest absolute Gasteiger partial charge is 0.164 e. The number of benzene rings is 1. The molecular formula is C16H22FNOS. The molecule has 0 aromatic heterocycles. The number of nitrogens with zero attached hydrogens (tertiary/aromatic N) is 1. The minimum absolute atomic E-state index is 0.0277. The van der Waals surface area contributed by atoms with Gasteiger partial charge >= 0.3 is 0 Å². The second kappa shape index (κ2) is 6.27. The van der Waals surface area contributed by atoms with E-state index in [1.165, 1.54) is 6.07 Å². The molecule has 0 amide bonds. The highest BCUT2D eigenvalue weighted by Crippen LogP contribution is 2.29. The molecule has 20 heavy (non-hydrogen) atoms. The Bertz CT molecular complexity index is 501. The second-order valence-corrected chi connectivity index (χ2v) is 7.82. The second-order valence-electron chi connectivity index (χ2n) is 6.02. The molecule has 1 fully saturated rings. The van der Waals surface area contributed by atoms with Crippen LogP contribution in [0.1, 0.15) is 36.2 Å². The summed E-state index contributed by atoms with van der Waals surface area (Å²) in [5, 5.41) is 0. The van der Waals surface area contributed by atoms with Crippen molar-refractivity contribution >= 4 is 17.5 Å². The molecule has 0 bridgehead atoms. The molecule has 1 aliphatic rings. The summed E-state index contributed by atoms with van der Waals surface area (Å²) in [6, 6.07) is 4.74. The fourth-order valence-electron chi connectivity index (χ4n) is 2.48. The highest BCUT2D eigenvalue weighted by Gasteiger charge is 2.26. The molecule has 110 valence electrons. The minimum atomic E-state index is -0.300. The standard InChI is InChI=1S/C16H22FNOS/c1-12-4-5-13(10-14(12)17)15(19)6-7-18-8-9-20-16(2,3)11-18/h4-5,10H,6-9,11H2,1-3H3. The van der Waals surface area contributed by atoms with Crippen molar-refractivity contribution in [2.75, 3.05) is 25.4 Å². The molecule has 0 aliphatic carbocycles. The molecule has 0 saturated carbocycles. The largest absolute Gasteiger partial charge is 0.301 e. The molecule has 1 aromatic carbocycles. The molecule has 1 heterocycles. The van der Waals surface area contributed by atoms with Crippen LogP contribution in [0.3, 0.4) is 0 Å². The van der Waals surface area contributed by atoms with Gasteiger partial charge in [-0.1, -0.05) is 12.1 Å². The van der Waals surface area contributed by atoms with Crippen LogP contribution in [0.5, 0.6) is 0 Å². The third-order valence-electron chi connectivity index (χ3n) is 3.65. The van der Waals surface area contributed by atoms with Crippen molar-refractivity contribution in [1.29, 1.82) is 0 Å². The third-order valence-corrected chi connectivity index (χ3v) is 4.95. The molecule has 1 aromatic rings. The van der Waals surface area contributed by atoms with Gasteiger partial charge in [-0.2, -0.15) is 11.8 Å². The van der Waals surface area contributed by atoms with Gasteiger partial charge in [0.15, 0.2) is 5.78 Å². The molecule has 0 atom stereocenters. The van der Waals surface area contributed by atoms with E-state index in [4.69, 9.17) is 0 Å². The van der Waals surface area contributed by atoms with Gasteiger partial charge in [-0.25, -0.2) is 4.39 Å². The molecule has 0 unspecified atom stereocenters. The maximum Gasteiger partial charge on any atom is 0.164 e. The minimum Gasteiger partial charge on any atom is -0.301 e. The number of hydrogen-bond donors (Lipinski definition) is 0. The van der Waals surface area contributed by atoms with E-state index in [2.05, 4.69) is 18.7 Å². The Morgan fingerprint density at radius 3 is 2.85 bits per heavy atom. The van der Waals surface area contributed by atoms with Crippen LogP contribution in [0.15, 0.2) is 18.2 Å². The van der Waals surface area contributed by atoms with Crippen molar-refractivity contribution < 1.29 is 9.18 Å². The average molecular weight is 295 g/mol. The predicted octanol–water partition coefficient (Wildman–Crippen LogP) is 3.53. The number of carbonyl (C=O) groups is 1. The molecular weight excluding hydrogens is 273 g/mol. The summed E-state index contributed by atoms with van der Waals surface area (Å²) < 4.78 is 13.7. The molecule has 1 aliphatic heterocycles. The fourth-order valence-corrected chi connectivity index (χ4v) is 3.65. The van der Waals surface area contributed by atoms with Crippen LogP contribution in [-0.2, 0) is 0 Å². The van der Waals surface area contributed by atoms with Crippen LogP contribution >= 0.6 is 11.8 Å². The fraction of sp³-hybridized carbons (Fsp3) is 0.562. The first-order valence-electron chi connectivity index (χ1n) is 7.03. The summed E-state index contributed by atoms with van der Waals surface area (Å²) in [7, 11) is 0. The molecule has 0 spiro atoms. The van der Waals surface area contributed by atoms with Gasteiger partial charge in [0.25, 0.3) is 0 Å². The van der Waals surface area contributed by atoms with Crippen molar-refractivity contribution in [3.63, 3.8) is 0 Å². The summed E-state index contributed by atoms with van der Waals surface area (Å²) in [5.41, 5.74) is 1.06. The number of thioether (sulfide) groups is 1. The van der Waals surface area contributed by atoms with Crippen molar-refractivity contribution in [1.82, 2.24) is 4.90 Å². The molecule has 4 heteroatoms. The number of ketones is 1. The van der Waals surface area contributed by atoms with E-state index in [9.17, 15) is 9.18 Å². The van der Waals surface area contributed by atoms with Gasteiger partial charge in [-0.15, -0.1) is 0 Å². The van der Waals surface area contributed by atoms with Gasteiger partial charge in [0.2, 0.25) is 0 Å². The van der Waals surface area contributed by atoms with E-state index >= 15 is 0 Å². The van der Waals surface area contributed by atoms with Crippen molar-refractivity contribution in [2.45, 2.75) is 31.9 Å². The number of halogens is 1. The highest BCUT2D eigenvalue weighted by molar-refractivity contribution is 8.00. The summed E-state index contributed by atoms with van der Waals surface area (Å²) in [5.74, 6) is 0.840. The normalized spacial score (nSPS) is 19.0. The van der Waals surface area contributed by atoms with Gasteiger partial charge in [-0.05, 0) is 32.4 Å². The summed E-state index contributed by atoms with van der Waals surface area (Å²) in [4.78, 5) is 14.4. The third kappa shape index (κ3) is 4.06. The summed E-state index contributed by atoms with van der Waals surface area (Å²) >= 11 is 1.98. The van der Waals surface area contributed by atoms with Crippen LogP contribution in [0, 0.1) is 12.7 Å². The lowest BCUT2D eigenvalue weighted by Gasteiger charge is -2.37. The zero-order valence-corrected chi connectivity index (χ0v) is 13.2. The monoisotopic (exact) mass is 295 g/mol. The maximum absolute atomic E-state index is 13.5. The molecule has 0 radical (unpaired) electrons. The van der Waals surface area contributed by atoms with Crippen molar-refractivity contribution in [2.24, 2.45) is 0 Å². The van der Waals surface area contributed by atoms with Gasteiger partial charge in [0.05, 0.1) is 0 Å². The SMILES string of the molecule is Cc1ccc(C(=O)CCN2CCSC(C)(C)C2)cc1F. The Kier molecular flexibility index (Phi) is 4.86. The Hall–Kier alpha value is -0.870. The number of aryl methyl sites for hydroxylation is 1. The number of carbonyl (C=O) groups excluding carboxylic acids is 1. The Balaban J connectivity index is 1.90. The Labute approximate surface area is 124 Å². The molecule has 2 rings (SSSR count). The number of hydrogen-bond acceptors (Lipinski definition) is 3. The van der Waals surface area contributed by atoms with Crippen LogP contribution in [0.2, 0.25) is 0 Å². The lowest BCUT2D eigenvalue weighted by molar-refractivity contribution is 0.0962. The quantitative estimate of drug-likeness (QED) is 0.793. The predicted molar refractivity (Wildman–Crippen MR) is 83.1 cm³/mol. The Morgan fingerprint density at radius 1 is 1.45 bits per heavy atom. The van der Waals surface area contributed by atoms with Crippen molar-refractivity contribution in [3.05, 3.63) is 35.1 Å². The molecule has 2 nitrogen and oxygen atoms in total. The Morgan fingerprint density at radius 2 is 2.20 bits per heavy atom. The molecule has 0 N–H and O–H groups in total. The van der Waals surface area contributed by atoms with Crippen LogP contribution < -0.4 is 0 Å². The van der Waals surface area contributed by atoms with E-state index in [0.717, 1.165) is 25.4 Å². The maximum atomic E-state index is 13.5. The zero-order chi connectivity index (χ0) is 14.8. The first-order chi connectivity index (χ1) is 9.37. The first kappa shape index (κ1) is 15.5. The number of Topliss-reactive ketones (excluding diaryl/α,β-unsaturated/α-hetero) is 1. The zero-order valence-electron chi connectivity index (χ0n) is 12.4. The van der Waals surface area contributed by atoms with Gasteiger partial charge in [0, 0.05) is 42.1 Å². The topological polar surface area (TPSA) is 20.3 Å². The summed E-state index contributed by atoms with van der Waals surface area (Å²) in [6.07, 6.45) is 0.462. The van der Waals surface area contributed by atoms with E-state index in [1.807, 2.05) is 11.8 Å². The summed E-state index contributed by atoms with van der Waals surface area (Å²) in [6.45, 7) is 8.98. The van der Waals surface area contributed by atoms with E-state index in [0.29, 0.717) is 17.5 Å². The van der Waals surface area contributed by atoms with Crippen molar-refractivity contribution in [3.8, 4) is 0 Å². The van der Waals surface area contributed by atoms with Crippen LogP contribution in [0.25, 0.3) is 0 Å².